The van der Waals surface area contributed by atoms with E-state index in [9.17, 15) is 8.78 Å². The van der Waals surface area contributed by atoms with Gasteiger partial charge in [-0.25, -0.2) is 13.8 Å². The largest absolute Gasteiger partial charge is 0.301 e. The maximum atomic E-state index is 13.7. The number of hydrogen-bond acceptors (Lipinski definition) is 1. The van der Waals surface area contributed by atoms with Crippen molar-refractivity contribution in [1.82, 2.24) is 9.38 Å². The molecule has 0 saturated carbocycles. The van der Waals surface area contributed by atoms with E-state index in [0.717, 1.165) is 5.69 Å². The van der Waals surface area contributed by atoms with Crippen molar-refractivity contribution in [3.63, 3.8) is 0 Å². The first-order valence-electron chi connectivity index (χ1n) is 5.56. The van der Waals surface area contributed by atoms with Crippen molar-refractivity contribution in [3.05, 3.63) is 59.9 Å². The molecule has 0 radical (unpaired) electrons. The summed E-state index contributed by atoms with van der Waals surface area (Å²) in [6.07, 6.45) is 1.35. The third kappa shape index (κ3) is 1.57. The molecule has 0 aliphatic carbocycles. The van der Waals surface area contributed by atoms with Crippen LogP contribution in [0.2, 0.25) is 0 Å². The predicted molar refractivity (Wildman–Crippen MR) is 65.3 cm³/mol. The van der Waals surface area contributed by atoms with Crippen molar-refractivity contribution in [2.24, 2.45) is 0 Å². The van der Waals surface area contributed by atoms with Crippen molar-refractivity contribution < 1.29 is 8.78 Å². The molecule has 3 aromatic rings. The standard InChI is InChI=1S/C14H10F2N2/c1-9-14(11-4-2-3-5-12(11)16)17-13-7-6-10(15)8-18(9)13/h2-8H,1H3. The quantitative estimate of drug-likeness (QED) is 0.639. The van der Waals surface area contributed by atoms with Crippen LogP contribution in [-0.2, 0) is 0 Å². The van der Waals surface area contributed by atoms with Crippen molar-refractivity contribution in [2.75, 3.05) is 0 Å². The number of nitrogens with zero attached hydrogens (tertiary/aromatic N) is 2. The molecule has 2 heterocycles. The Kier molecular flexibility index (Phi) is 2.37. The molecular formula is C14H10F2N2. The first-order valence-corrected chi connectivity index (χ1v) is 5.56. The Morgan fingerprint density at radius 3 is 2.61 bits per heavy atom. The van der Waals surface area contributed by atoms with Crippen LogP contribution in [0.25, 0.3) is 16.9 Å². The molecule has 0 atom stereocenters. The summed E-state index contributed by atoms with van der Waals surface area (Å²) in [5.74, 6) is -0.674. The zero-order valence-corrected chi connectivity index (χ0v) is 9.69. The predicted octanol–water partition coefficient (Wildman–Crippen LogP) is 3.59. The second kappa shape index (κ2) is 3.91. The molecule has 0 N–H and O–H groups in total. The molecule has 0 spiro atoms. The molecule has 2 nitrogen and oxygen atoms in total. The van der Waals surface area contributed by atoms with E-state index in [1.165, 1.54) is 18.3 Å². The second-order valence-corrected chi connectivity index (χ2v) is 4.10. The van der Waals surface area contributed by atoms with Crippen molar-refractivity contribution in [2.45, 2.75) is 6.92 Å². The third-order valence-electron chi connectivity index (χ3n) is 2.95. The van der Waals surface area contributed by atoms with Gasteiger partial charge in [-0.05, 0) is 31.2 Å². The highest BCUT2D eigenvalue weighted by molar-refractivity contribution is 5.66. The smallest absolute Gasteiger partial charge is 0.139 e. The zero-order valence-electron chi connectivity index (χ0n) is 9.69. The molecule has 0 unspecified atom stereocenters. The van der Waals surface area contributed by atoms with Gasteiger partial charge in [-0.1, -0.05) is 12.1 Å². The average Bonchev–Trinajstić information content (AvgIpc) is 2.68. The first-order chi connectivity index (χ1) is 8.66. The molecular weight excluding hydrogens is 234 g/mol. The van der Waals surface area contributed by atoms with Crippen LogP contribution < -0.4 is 0 Å². The number of hydrogen-bond donors (Lipinski definition) is 0. The van der Waals surface area contributed by atoms with E-state index in [0.29, 0.717) is 16.9 Å². The van der Waals surface area contributed by atoms with Crippen molar-refractivity contribution in [1.29, 1.82) is 0 Å². The summed E-state index contributed by atoms with van der Waals surface area (Å²) in [4.78, 5) is 4.34. The summed E-state index contributed by atoms with van der Waals surface area (Å²) < 4.78 is 28.5. The molecule has 90 valence electrons. The molecule has 4 heteroatoms. The third-order valence-corrected chi connectivity index (χ3v) is 2.95. The highest BCUT2D eigenvalue weighted by Crippen LogP contribution is 2.26. The molecule has 0 saturated heterocycles. The van der Waals surface area contributed by atoms with Crippen molar-refractivity contribution in [3.8, 4) is 11.3 Å². The van der Waals surface area contributed by atoms with E-state index < -0.39 is 0 Å². The topological polar surface area (TPSA) is 17.3 Å². The van der Waals surface area contributed by atoms with Gasteiger partial charge in [-0.15, -0.1) is 0 Å². The van der Waals surface area contributed by atoms with Crippen LogP contribution in [0.5, 0.6) is 0 Å². The minimum atomic E-state index is -0.344. The zero-order chi connectivity index (χ0) is 12.7. The lowest BCUT2D eigenvalue weighted by Gasteiger charge is -2.00. The fourth-order valence-corrected chi connectivity index (χ4v) is 2.04. The molecule has 0 aliphatic heterocycles. The number of imidazole rings is 1. The van der Waals surface area contributed by atoms with E-state index in [1.807, 2.05) is 0 Å². The van der Waals surface area contributed by atoms with Crippen molar-refractivity contribution >= 4 is 5.65 Å². The molecule has 1 aromatic carbocycles. The summed E-state index contributed by atoms with van der Waals surface area (Å²) in [5.41, 5.74) is 2.29. The number of fused-ring (bicyclic) bond motifs is 1. The second-order valence-electron chi connectivity index (χ2n) is 4.10. The number of aryl methyl sites for hydroxylation is 1. The van der Waals surface area contributed by atoms with E-state index >= 15 is 0 Å². The Hall–Kier alpha value is -2.23. The Morgan fingerprint density at radius 1 is 1.06 bits per heavy atom. The molecule has 3 rings (SSSR count). The van der Waals surface area contributed by atoms with E-state index in [-0.39, 0.29) is 11.6 Å². The summed E-state index contributed by atoms with van der Waals surface area (Å²) in [5, 5.41) is 0. The lowest BCUT2D eigenvalue weighted by molar-refractivity contribution is 0.618. The summed E-state index contributed by atoms with van der Waals surface area (Å²) in [6, 6.07) is 9.35. The fraction of sp³-hybridized carbons (Fsp3) is 0.0714. The maximum Gasteiger partial charge on any atom is 0.139 e. The fourth-order valence-electron chi connectivity index (χ4n) is 2.04. The Bertz CT molecular complexity index is 732. The van der Waals surface area contributed by atoms with Gasteiger partial charge in [-0.3, -0.25) is 0 Å². The number of halogens is 2. The SMILES string of the molecule is Cc1c(-c2ccccc2F)nc2ccc(F)cn12. The normalized spacial score (nSPS) is 11.1. The van der Waals surface area contributed by atoms with Gasteiger partial charge in [0.1, 0.15) is 17.3 Å². The van der Waals surface area contributed by atoms with Crippen LogP contribution in [0.4, 0.5) is 8.78 Å². The van der Waals surface area contributed by atoms with Crippen LogP contribution >= 0.6 is 0 Å². The molecule has 0 amide bonds. The van der Waals surface area contributed by atoms with Gasteiger partial charge in [0, 0.05) is 17.5 Å². The average molecular weight is 244 g/mol. The van der Waals surface area contributed by atoms with Crippen LogP contribution in [0.3, 0.4) is 0 Å². The van der Waals surface area contributed by atoms with Crippen LogP contribution in [-0.4, -0.2) is 9.38 Å². The van der Waals surface area contributed by atoms with Gasteiger partial charge >= 0.3 is 0 Å². The lowest BCUT2D eigenvalue weighted by atomic mass is 10.1. The molecule has 0 fully saturated rings. The minimum absolute atomic E-state index is 0.329. The van der Waals surface area contributed by atoms with Crippen LogP contribution in [0, 0.1) is 18.6 Å². The Labute approximate surface area is 103 Å². The molecule has 0 aliphatic rings. The van der Waals surface area contributed by atoms with Gasteiger partial charge in [-0.2, -0.15) is 0 Å². The van der Waals surface area contributed by atoms with Gasteiger partial charge in [0.2, 0.25) is 0 Å². The lowest BCUT2D eigenvalue weighted by Crippen LogP contribution is -1.90. The van der Waals surface area contributed by atoms with E-state index in [2.05, 4.69) is 4.98 Å². The van der Waals surface area contributed by atoms with Gasteiger partial charge in [0.15, 0.2) is 0 Å². The highest BCUT2D eigenvalue weighted by Gasteiger charge is 2.13. The van der Waals surface area contributed by atoms with Gasteiger partial charge in [0.05, 0.1) is 5.69 Å². The maximum absolute atomic E-state index is 13.7. The highest BCUT2D eigenvalue weighted by atomic mass is 19.1. The van der Waals surface area contributed by atoms with Crippen LogP contribution in [0.1, 0.15) is 5.69 Å². The summed E-state index contributed by atoms with van der Waals surface area (Å²) >= 11 is 0. The molecule has 2 aromatic heterocycles. The van der Waals surface area contributed by atoms with Gasteiger partial charge < -0.3 is 4.40 Å². The number of rotatable bonds is 1. The Balaban J connectivity index is 2.31. The molecule has 18 heavy (non-hydrogen) atoms. The first kappa shape index (κ1) is 10.9. The Morgan fingerprint density at radius 2 is 1.83 bits per heavy atom. The number of aromatic nitrogens is 2. The summed E-state index contributed by atoms with van der Waals surface area (Å²) in [6.45, 7) is 1.79. The van der Waals surface area contributed by atoms with E-state index in [4.69, 9.17) is 0 Å². The van der Waals surface area contributed by atoms with E-state index in [1.54, 1.807) is 35.6 Å². The number of pyridine rings is 1. The summed E-state index contributed by atoms with van der Waals surface area (Å²) in [7, 11) is 0. The minimum Gasteiger partial charge on any atom is -0.301 e. The van der Waals surface area contributed by atoms with Gasteiger partial charge in [0.25, 0.3) is 0 Å². The number of benzene rings is 1. The molecule has 0 bridgehead atoms. The van der Waals surface area contributed by atoms with Crippen LogP contribution in [0.15, 0.2) is 42.6 Å². The monoisotopic (exact) mass is 244 g/mol.